The number of nitrogens with zero attached hydrogens (tertiary/aromatic N) is 2. The van der Waals surface area contributed by atoms with Crippen LogP contribution in [-0.4, -0.2) is 59.2 Å². The highest BCUT2D eigenvalue weighted by Gasteiger charge is 2.30. The number of carbonyl (C=O) groups excluding carboxylic acids is 2. The maximum Gasteiger partial charge on any atom is 0.225 e. The Morgan fingerprint density at radius 2 is 1.76 bits per heavy atom. The zero-order valence-corrected chi connectivity index (χ0v) is 14.5. The number of ketones is 1. The summed E-state index contributed by atoms with van der Waals surface area (Å²) in [7, 11) is 0. The summed E-state index contributed by atoms with van der Waals surface area (Å²) < 4.78 is 0. The smallest absolute Gasteiger partial charge is 0.225 e. The molecule has 0 aliphatic carbocycles. The fourth-order valence-corrected chi connectivity index (χ4v) is 4.12. The van der Waals surface area contributed by atoms with E-state index < -0.39 is 0 Å². The summed E-state index contributed by atoms with van der Waals surface area (Å²) in [6.07, 6.45) is 5.84. The van der Waals surface area contributed by atoms with Crippen molar-refractivity contribution in [3.63, 3.8) is 0 Å². The second kappa shape index (κ2) is 7.00. The van der Waals surface area contributed by atoms with Crippen LogP contribution in [-0.2, 0) is 4.79 Å². The van der Waals surface area contributed by atoms with Crippen LogP contribution >= 0.6 is 0 Å². The van der Waals surface area contributed by atoms with Gasteiger partial charge in [-0.05, 0) is 44.8 Å². The first-order valence-corrected chi connectivity index (χ1v) is 9.33. The van der Waals surface area contributed by atoms with Gasteiger partial charge in [0.05, 0.1) is 6.54 Å². The Morgan fingerprint density at radius 3 is 2.52 bits per heavy atom. The molecule has 3 heterocycles. The lowest BCUT2D eigenvalue weighted by Crippen LogP contribution is -2.43. The highest BCUT2D eigenvalue weighted by Crippen LogP contribution is 2.23. The predicted molar refractivity (Wildman–Crippen MR) is 97.6 cm³/mol. The molecule has 2 aliphatic heterocycles. The van der Waals surface area contributed by atoms with E-state index >= 15 is 0 Å². The number of carbonyl (C=O) groups is 2. The zero-order valence-electron chi connectivity index (χ0n) is 14.5. The second-order valence-electron chi connectivity index (χ2n) is 7.25. The van der Waals surface area contributed by atoms with Crippen LogP contribution in [0.3, 0.4) is 0 Å². The van der Waals surface area contributed by atoms with Gasteiger partial charge in [-0.3, -0.25) is 14.5 Å². The molecule has 2 aromatic rings. The first kappa shape index (κ1) is 16.3. The maximum atomic E-state index is 12.7. The minimum absolute atomic E-state index is 0.151. The van der Waals surface area contributed by atoms with Crippen molar-refractivity contribution in [1.82, 2.24) is 14.8 Å². The van der Waals surface area contributed by atoms with E-state index in [4.69, 9.17) is 0 Å². The molecule has 5 nitrogen and oxygen atoms in total. The summed E-state index contributed by atoms with van der Waals surface area (Å²) in [5.74, 6) is 0.638. The molecule has 132 valence electrons. The number of benzene rings is 1. The third-order valence-corrected chi connectivity index (χ3v) is 5.61. The van der Waals surface area contributed by atoms with Gasteiger partial charge in [0.2, 0.25) is 5.91 Å². The Bertz CT molecular complexity index is 768. The quantitative estimate of drug-likeness (QED) is 0.872. The topological polar surface area (TPSA) is 56.4 Å². The lowest BCUT2D eigenvalue weighted by Gasteiger charge is -2.32. The van der Waals surface area contributed by atoms with Gasteiger partial charge in [-0.25, -0.2) is 0 Å². The predicted octanol–water partition coefficient (Wildman–Crippen LogP) is 2.69. The van der Waals surface area contributed by atoms with Crippen LogP contribution in [0.2, 0.25) is 0 Å². The minimum Gasteiger partial charge on any atom is -0.360 e. The minimum atomic E-state index is 0.151. The second-order valence-corrected chi connectivity index (χ2v) is 7.25. The summed E-state index contributed by atoms with van der Waals surface area (Å²) >= 11 is 0. The number of rotatable bonds is 4. The first-order valence-electron chi connectivity index (χ1n) is 9.33. The van der Waals surface area contributed by atoms with Gasteiger partial charge in [0.15, 0.2) is 5.78 Å². The van der Waals surface area contributed by atoms with E-state index in [0.29, 0.717) is 12.5 Å². The highest BCUT2D eigenvalue weighted by molar-refractivity contribution is 6.08. The highest BCUT2D eigenvalue weighted by atomic mass is 16.2. The number of hydrogen-bond acceptors (Lipinski definition) is 3. The van der Waals surface area contributed by atoms with Crippen LogP contribution in [0.15, 0.2) is 30.5 Å². The summed E-state index contributed by atoms with van der Waals surface area (Å²) in [6, 6.07) is 7.90. The number of Topliss-reactive ketones (excluding diaryl/α,β-unsaturated/α-hetero) is 1. The molecule has 1 N–H and O–H groups in total. The molecule has 2 aliphatic rings. The Morgan fingerprint density at radius 1 is 1.04 bits per heavy atom. The molecule has 5 heteroatoms. The number of amides is 1. The summed E-state index contributed by atoms with van der Waals surface area (Å²) in [5.41, 5.74) is 1.77. The third-order valence-electron chi connectivity index (χ3n) is 5.61. The molecule has 4 rings (SSSR count). The van der Waals surface area contributed by atoms with Crippen LogP contribution in [0.5, 0.6) is 0 Å². The van der Waals surface area contributed by atoms with E-state index in [2.05, 4.69) is 9.88 Å². The molecule has 2 saturated heterocycles. The molecular weight excluding hydrogens is 314 g/mol. The largest absolute Gasteiger partial charge is 0.360 e. The van der Waals surface area contributed by atoms with Crippen LogP contribution < -0.4 is 0 Å². The number of H-pyrrole nitrogens is 1. The Hall–Kier alpha value is -2.14. The van der Waals surface area contributed by atoms with Crippen LogP contribution in [0.1, 0.15) is 36.0 Å². The third kappa shape index (κ3) is 3.33. The van der Waals surface area contributed by atoms with E-state index in [1.54, 1.807) is 0 Å². The molecule has 25 heavy (non-hydrogen) atoms. The van der Waals surface area contributed by atoms with Gasteiger partial charge in [0, 0.05) is 41.7 Å². The molecular formula is C20H25N3O2. The summed E-state index contributed by atoms with van der Waals surface area (Å²) in [6.45, 7) is 3.96. The van der Waals surface area contributed by atoms with E-state index in [1.165, 1.54) is 0 Å². The number of piperidine rings is 1. The van der Waals surface area contributed by atoms with Crippen LogP contribution in [0, 0.1) is 5.92 Å². The molecule has 0 radical (unpaired) electrons. The van der Waals surface area contributed by atoms with Crippen molar-refractivity contribution in [3.05, 3.63) is 36.0 Å². The zero-order chi connectivity index (χ0) is 17.2. The number of fused-ring (bicyclic) bond motifs is 1. The number of likely N-dealkylation sites (tertiary alicyclic amines) is 2. The summed E-state index contributed by atoms with van der Waals surface area (Å²) in [4.78, 5) is 32.6. The molecule has 0 spiro atoms. The molecule has 1 aromatic heterocycles. The molecule has 2 fully saturated rings. The molecule has 0 bridgehead atoms. The van der Waals surface area contributed by atoms with E-state index in [0.717, 1.165) is 68.3 Å². The van der Waals surface area contributed by atoms with Crippen molar-refractivity contribution in [1.29, 1.82) is 0 Å². The van der Waals surface area contributed by atoms with Crippen molar-refractivity contribution < 1.29 is 9.59 Å². The SMILES string of the molecule is O=C(CN1CCC(C(=O)N2CCCC2)CC1)c1c[nH]c2ccccc12. The Labute approximate surface area is 148 Å². The standard InChI is InChI=1S/C20H25N3O2/c24-19(17-13-21-18-6-2-1-5-16(17)18)14-22-11-7-15(8-12-22)20(25)23-9-3-4-10-23/h1-2,5-6,13,15,21H,3-4,7-12,14H2. The number of para-hydroxylation sites is 1. The van der Waals surface area contributed by atoms with E-state index in [1.807, 2.05) is 35.4 Å². The number of hydrogen-bond donors (Lipinski definition) is 1. The van der Waals surface area contributed by atoms with Gasteiger partial charge < -0.3 is 9.88 Å². The first-order chi connectivity index (χ1) is 12.2. The van der Waals surface area contributed by atoms with Crippen molar-refractivity contribution in [2.75, 3.05) is 32.7 Å². The molecule has 1 amide bonds. The van der Waals surface area contributed by atoms with E-state index in [9.17, 15) is 9.59 Å². The average Bonchev–Trinajstić information content (AvgIpc) is 3.31. The van der Waals surface area contributed by atoms with Crippen LogP contribution in [0.25, 0.3) is 10.9 Å². The normalized spacial score (nSPS) is 19.6. The van der Waals surface area contributed by atoms with Gasteiger partial charge in [-0.15, -0.1) is 0 Å². The van der Waals surface area contributed by atoms with Crippen molar-refractivity contribution in [2.45, 2.75) is 25.7 Å². The van der Waals surface area contributed by atoms with Gasteiger partial charge in [0.1, 0.15) is 0 Å². The number of aromatic nitrogens is 1. The molecule has 0 atom stereocenters. The Balaban J connectivity index is 1.34. The fourth-order valence-electron chi connectivity index (χ4n) is 4.12. The fraction of sp³-hybridized carbons (Fsp3) is 0.500. The van der Waals surface area contributed by atoms with E-state index in [-0.39, 0.29) is 11.7 Å². The Kier molecular flexibility index (Phi) is 4.57. The van der Waals surface area contributed by atoms with Gasteiger partial charge in [-0.2, -0.15) is 0 Å². The lowest BCUT2D eigenvalue weighted by molar-refractivity contribution is -0.135. The van der Waals surface area contributed by atoms with Crippen molar-refractivity contribution in [3.8, 4) is 0 Å². The number of nitrogens with one attached hydrogen (secondary N) is 1. The van der Waals surface area contributed by atoms with Crippen molar-refractivity contribution >= 4 is 22.6 Å². The van der Waals surface area contributed by atoms with Gasteiger partial charge in [0.25, 0.3) is 0 Å². The lowest BCUT2D eigenvalue weighted by atomic mass is 9.95. The van der Waals surface area contributed by atoms with Gasteiger partial charge in [-0.1, -0.05) is 18.2 Å². The number of aromatic amines is 1. The summed E-state index contributed by atoms with van der Waals surface area (Å²) in [5, 5.41) is 0.992. The van der Waals surface area contributed by atoms with Crippen molar-refractivity contribution in [2.24, 2.45) is 5.92 Å². The molecule has 1 aromatic carbocycles. The monoisotopic (exact) mass is 339 g/mol. The molecule has 0 saturated carbocycles. The maximum absolute atomic E-state index is 12.7. The van der Waals surface area contributed by atoms with Gasteiger partial charge >= 0.3 is 0 Å². The average molecular weight is 339 g/mol. The van der Waals surface area contributed by atoms with Crippen LogP contribution in [0.4, 0.5) is 0 Å². The molecule has 0 unspecified atom stereocenters.